The van der Waals surface area contributed by atoms with E-state index in [2.05, 4.69) is 26.2 Å². The van der Waals surface area contributed by atoms with E-state index in [1.165, 1.54) is 24.4 Å². The van der Waals surface area contributed by atoms with Crippen LogP contribution in [0.3, 0.4) is 0 Å². The summed E-state index contributed by atoms with van der Waals surface area (Å²) in [6, 6.07) is 7.63. The molecule has 1 amide bonds. The Labute approximate surface area is 130 Å². The van der Waals surface area contributed by atoms with Crippen LogP contribution in [0.15, 0.2) is 45.9 Å². The fraction of sp³-hybridized carbons (Fsp3) is 0.0769. The minimum Gasteiger partial charge on any atom is -0.320 e. The zero-order valence-corrected chi connectivity index (χ0v) is 13.4. The highest BCUT2D eigenvalue weighted by Crippen LogP contribution is 2.25. The average molecular weight is 370 g/mol. The van der Waals surface area contributed by atoms with E-state index >= 15 is 0 Å². The molecule has 6 nitrogen and oxygen atoms in total. The van der Waals surface area contributed by atoms with E-state index in [1.54, 1.807) is 19.1 Å². The Morgan fingerprint density at radius 3 is 2.62 bits per heavy atom. The first-order valence-corrected chi connectivity index (χ1v) is 8.18. The zero-order chi connectivity index (χ0) is 15.6. The number of aryl methyl sites for hydroxylation is 1. The molecule has 0 radical (unpaired) electrons. The normalized spacial score (nSPS) is 11.2. The number of primary sulfonamides is 1. The quantitative estimate of drug-likeness (QED) is 0.863. The van der Waals surface area contributed by atoms with E-state index in [0.717, 1.165) is 5.56 Å². The minimum atomic E-state index is -3.78. The van der Waals surface area contributed by atoms with Gasteiger partial charge in [0.15, 0.2) is 0 Å². The molecular weight excluding hydrogens is 358 g/mol. The molecule has 110 valence electrons. The van der Waals surface area contributed by atoms with Crippen LogP contribution < -0.4 is 10.5 Å². The van der Waals surface area contributed by atoms with Gasteiger partial charge in [0.25, 0.3) is 5.91 Å². The highest BCUT2D eigenvalue weighted by atomic mass is 79.9. The predicted molar refractivity (Wildman–Crippen MR) is 82.4 cm³/mol. The van der Waals surface area contributed by atoms with Crippen molar-refractivity contribution in [3.8, 4) is 0 Å². The summed E-state index contributed by atoms with van der Waals surface area (Å²) in [5, 5.41) is 7.70. The monoisotopic (exact) mass is 369 g/mol. The maximum Gasteiger partial charge on any atom is 0.274 e. The van der Waals surface area contributed by atoms with Gasteiger partial charge in [0, 0.05) is 10.7 Å². The summed E-state index contributed by atoms with van der Waals surface area (Å²) in [4.78, 5) is 16.1. The van der Waals surface area contributed by atoms with Crippen molar-refractivity contribution in [2.75, 3.05) is 5.32 Å². The van der Waals surface area contributed by atoms with Crippen LogP contribution in [0, 0.1) is 6.92 Å². The lowest BCUT2D eigenvalue weighted by Gasteiger charge is -2.09. The van der Waals surface area contributed by atoms with Crippen LogP contribution in [0.25, 0.3) is 0 Å². The first-order valence-electron chi connectivity index (χ1n) is 5.84. The van der Waals surface area contributed by atoms with E-state index in [-0.39, 0.29) is 10.8 Å². The third-order valence-electron chi connectivity index (χ3n) is 2.74. The topological polar surface area (TPSA) is 102 Å². The van der Waals surface area contributed by atoms with E-state index in [4.69, 9.17) is 5.14 Å². The van der Waals surface area contributed by atoms with Crippen molar-refractivity contribution in [3.63, 3.8) is 0 Å². The van der Waals surface area contributed by atoms with Gasteiger partial charge in [-0.05, 0) is 52.7 Å². The lowest BCUT2D eigenvalue weighted by atomic mass is 10.2. The molecule has 21 heavy (non-hydrogen) atoms. The van der Waals surface area contributed by atoms with E-state index in [1.807, 2.05) is 0 Å². The Hall–Kier alpha value is -1.77. The molecule has 1 aromatic carbocycles. The van der Waals surface area contributed by atoms with Crippen molar-refractivity contribution in [1.82, 2.24) is 4.98 Å². The Kier molecular flexibility index (Phi) is 4.40. The molecule has 3 N–H and O–H groups in total. The third-order valence-corrected chi connectivity index (χ3v) is 4.31. The number of hydrogen-bond acceptors (Lipinski definition) is 4. The second kappa shape index (κ2) is 5.92. The second-order valence-corrected chi connectivity index (χ2v) is 6.73. The van der Waals surface area contributed by atoms with Gasteiger partial charge in [0.1, 0.15) is 5.69 Å². The fourth-order valence-corrected chi connectivity index (χ4v) is 2.85. The molecule has 0 atom stereocenters. The number of anilines is 1. The van der Waals surface area contributed by atoms with Crippen LogP contribution in [-0.2, 0) is 10.0 Å². The number of hydrogen-bond donors (Lipinski definition) is 2. The number of benzene rings is 1. The lowest BCUT2D eigenvalue weighted by Crippen LogP contribution is -2.16. The smallest absolute Gasteiger partial charge is 0.274 e. The number of pyridine rings is 1. The summed E-state index contributed by atoms with van der Waals surface area (Å²) in [7, 11) is -3.78. The molecule has 1 aromatic heterocycles. The van der Waals surface area contributed by atoms with Gasteiger partial charge in [0.05, 0.1) is 10.6 Å². The Morgan fingerprint density at radius 1 is 1.33 bits per heavy atom. The molecule has 8 heteroatoms. The van der Waals surface area contributed by atoms with Crippen LogP contribution >= 0.6 is 15.9 Å². The van der Waals surface area contributed by atoms with Crippen molar-refractivity contribution in [3.05, 3.63) is 52.3 Å². The van der Waals surface area contributed by atoms with Gasteiger partial charge in [0.2, 0.25) is 10.0 Å². The molecule has 2 aromatic rings. The molecule has 1 heterocycles. The van der Waals surface area contributed by atoms with Crippen molar-refractivity contribution in [2.24, 2.45) is 5.14 Å². The number of amides is 1. The molecule has 0 saturated carbocycles. The third kappa shape index (κ3) is 3.66. The van der Waals surface area contributed by atoms with Gasteiger partial charge >= 0.3 is 0 Å². The van der Waals surface area contributed by atoms with Gasteiger partial charge in [-0.2, -0.15) is 0 Å². The predicted octanol–water partition coefficient (Wildman–Crippen LogP) is 2.05. The first-order chi connectivity index (χ1) is 9.79. The van der Waals surface area contributed by atoms with Crippen molar-refractivity contribution in [2.45, 2.75) is 11.8 Å². The molecule has 2 rings (SSSR count). The van der Waals surface area contributed by atoms with E-state index in [9.17, 15) is 13.2 Å². The Bertz CT molecular complexity index is 806. The molecule has 0 fully saturated rings. The average Bonchev–Trinajstić information content (AvgIpc) is 2.40. The minimum absolute atomic E-state index is 0.0404. The highest BCUT2D eigenvalue weighted by molar-refractivity contribution is 9.10. The summed E-state index contributed by atoms with van der Waals surface area (Å²) in [5.41, 5.74) is 1.48. The standard InChI is InChI=1S/C13H12BrN3O3S/c1-8-3-2-6-16-12(8)13(18)17-11-5-4-9(7-10(11)14)21(15,19)20/h2-7H,1H3,(H,17,18)(H2,15,19,20). The second-order valence-electron chi connectivity index (χ2n) is 4.31. The fourth-order valence-electron chi connectivity index (χ4n) is 1.68. The number of aromatic nitrogens is 1. The van der Waals surface area contributed by atoms with Gasteiger partial charge in [-0.1, -0.05) is 6.07 Å². The number of carbonyl (C=O) groups is 1. The molecule has 0 saturated heterocycles. The van der Waals surface area contributed by atoms with Crippen LogP contribution in [0.4, 0.5) is 5.69 Å². The van der Waals surface area contributed by atoms with Gasteiger partial charge in [-0.3, -0.25) is 9.78 Å². The largest absolute Gasteiger partial charge is 0.320 e. The summed E-state index contributed by atoms with van der Waals surface area (Å²) in [5.74, 6) is -0.378. The van der Waals surface area contributed by atoms with Crippen LogP contribution in [-0.4, -0.2) is 19.3 Å². The highest BCUT2D eigenvalue weighted by Gasteiger charge is 2.14. The molecule has 0 aliphatic rings. The number of nitrogens with two attached hydrogens (primary N) is 1. The van der Waals surface area contributed by atoms with Crippen LogP contribution in [0.2, 0.25) is 0 Å². The SMILES string of the molecule is Cc1cccnc1C(=O)Nc1ccc(S(N)(=O)=O)cc1Br. The van der Waals surface area contributed by atoms with E-state index in [0.29, 0.717) is 15.9 Å². The summed E-state index contributed by atoms with van der Waals surface area (Å²) < 4.78 is 22.9. The van der Waals surface area contributed by atoms with Crippen LogP contribution in [0.1, 0.15) is 16.1 Å². The van der Waals surface area contributed by atoms with Gasteiger partial charge in [-0.15, -0.1) is 0 Å². The lowest BCUT2D eigenvalue weighted by molar-refractivity contribution is 0.102. The summed E-state index contributed by atoms with van der Waals surface area (Å²) in [6.07, 6.45) is 1.53. The molecule has 0 bridgehead atoms. The van der Waals surface area contributed by atoms with Crippen molar-refractivity contribution < 1.29 is 13.2 Å². The molecule has 0 aliphatic carbocycles. The zero-order valence-electron chi connectivity index (χ0n) is 11.0. The number of halogens is 1. The molecule has 0 aliphatic heterocycles. The number of sulfonamides is 1. The van der Waals surface area contributed by atoms with Crippen molar-refractivity contribution >= 4 is 37.5 Å². The first kappa shape index (κ1) is 15.6. The Morgan fingerprint density at radius 2 is 2.05 bits per heavy atom. The summed E-state index contributed by atoms with van der Waals surface area (Å²) in [6.45, 7) is 1.78. The number of nitrogens with one attached hydrogen (secondary N) is 1. The van der Waals surface area contributed by atoms with E-state index < -0.39 is 10.0 Å². The molecule has 0 spiro atoms. The number of carbonyl (C=O) groups excluding carboxylic acids is 1. The number of nitrogens with zero attached hydrogens (tertiary/aromatic N) is 1. The summed E-state index contributed by atoms with van der Waals surface area (Å²) >= 11 is 3.20. The maximum atomic E-state index is 12.1. The molecular formula is C13H12BrN3O3S. The van der Waals surface area contributed by atoms with Crippen molar-refractivity contribution in [1.29, 1.82) is 0 Å². The van der Waals surface area contributed by atoms with Gasteiger partial charge in [-0.25, -0.2) is 13.6 Å². The Balaban J connectivity index is 2.29. The van der Waals surface area contributed by atoms with Crippen LogP contribution in [0.5, 0.6) is 0 Å². The van der Waals surface area contributed by atoms with Gasteiger partial charge < -0.3 is 5.32 Å². The maximum absolute atomic E-state index is 12.1. The molecule has 0 unspecified atom stereocenters. The number of rotatable bonds is 3.